The largest absolute Gasteiger partial charge is 0.476 e. The molecule has 5 nitrogen and oxygen atoms in total. The lowest BCUT2D eigenvalue weighted by Gasteiger charge is -2.03. The van der Waals surface area contributed by atoms with Crippen molar-refractivity contribution in [2.24, 2.45) is 0 Å². The molecular formula is C12H12N2O3. The van der Waals surface area contributed by atoms with Gasteiger partial charge >= 0.3 is 5.97 Å². The normalized spacial score (nSPS) is 10.2. The van der Waals surface area contributed by atoms with Gasteiger partial charge in [-0.1, -0.05) is 22.9 Å². The fraction of sp³-hybridized carbons (Fsp3) is 0.167. The summed E-state index contributed by atoms with van der Waals surface area (Å²) in [4.78, 5) is 10.6. The van der Waals surface area contributed by atoms with Crippen molar-refractivity contribution in [3.63, 3.8) is 0 Å². The molecule has 1 aromatic heterocycles. The predicted octanol–water partition coefficient (Wildman–Crippen LogP) is 2.29. The van der Waals surface area contributed by atoms with Gasteiger partial charge in [0.05, 0.1) is 6.54 Å². The van der Waals surface area contributed by atoms with Gasteiger partial charge in [0.25, 0.3) is 0 Å². The van der Waals surface area contributed by atoms with Crippen LogP contribution in [0.2, 0.25) is 0 Å². The Morgan fingerprint density at radius 2 is 2.12 bits per heavy atom. The van der Waals surface area contributed by atoms with Crippen molar-refractivity contribution in [1.82, 2.24) is 5.16 Å². The van der Waals surface area contributed by atoms with Crippen LogP contribution >= 0.6 is 0 Å². The summed E-state index contributed by atoms with van der Waals surface area (Å²) in [6.45, 7) is 2.42. The summed E-state index contributed by atoms with van der Waals surface area (Å²) >= 11 is 0. The molecule has 0 amide bonds. The minimum Gasteiger partial charge on any atom is -0.476 e. The first kappa shape index (κ1) is 11.2. The number of benzene rings is 1. The van der Waals surface area contributed by atoms with E-state index in [1.54, 1.807) is 0 Å². The third-order valence-corrected chi connectivity index (χ3v) is 2.30. The maximum Gasteiger partial charge on any atom is 0.358 e. The van der Waals surface area contributed by atoms with Gasteiger partial charge in [0, 0.05) is 11.8 Å². The Kier molecular flexibility index (Phi) is 3.09. The number of hydrogen-bond donors (Lipinski definition) is 2. The Morgan fingerprint density at radius 1 is 1.41 bits per heavy atom. The predicted molar refractivity (Wildman–Crippen MR) is 62.0 cm³/mol. The maximum atomic E-state index is 10.6. The first-order valence-electron chi connectivity index (χ1n) is 5.14. The fourth-order valence-electron chi connectivity index (χ4n) is 1.36. The van der Waals surface area contributed by atoms with Gasteiger partial charge in [-0.3, -0.25) is 0 Å². The van der Waals surface area contributed by atoms with Crippen LogP contribution in [0.5, 0.6) is 0 Å². The van der Waals surface area contributed by atoms with Crippen LogP contribution in [-0.2, 0) is 6.54 Å². The number of carbonyl (C=O) groups is 1. The molecule has 88 valence electrons. The molecule has 0 fully saturated rings. The summed E-state index contributed by atoms with van der Waals surface area (Å²) in [6, 6.07) is 9.29. The summed E-state index contributed by atoms with van der Waals surface area (Å²) in [5, 5.41) is 15.2. The molecule has 0 radical (unpaired) electrons. The standard InChI is InChI=1S/C12H12N2O3/c1-8-2-4-9(5-3-8)13-7-10-6-11(12(15)16)14-17-10/h2-6,13H,7H2,1H3,(H,15,16). The van der Waals surface area contributed by atoms with Crippen LogP contribution < -0.4 is 5.32 Å². The van der Waals surface area contributed by atoms with Gasteiger partial charge in [0.1, 0.15) is 0 Å². The number of aromatic carboxylic acids is 1. The highest BCUT2D eigenvalue weighted by Crippen LogP contribution is 2.11. The number of nitrogens with one attached hydrogen (secondary N) is 1. The second kappa shape index (κ2) is 4.69. The number of aryl methyl sites for hydroxylation is 1. The van der Waals surface area contributed by atoms with E-state index in [2.05, 4.69) is 10.5 Å². The summed E-state index contributed by atoms with van der Waals surface area (Å²) in [6.07, 6.45) is 0. The first-order valence-corrected chi connectivity index (χ1v) is 5.14. The van der Waals surface area contributed by atoms with Crippen molar-refractivity contribution in [1.29, 1.82) is 0 Å². The van der Waals surface area contributed by atoms with E-state index in [-0.39, 0.29) is 5.69 Å². The average molecular weight is 232 g/mol. The average Bonchev–Trinajstić information content (AvgIpc) is 2.77. The van der Waals surface area contributed by atoms with Crippen molar-refractivity contribution >= 4 is 11.7 Å². The van der Waals surface area contributed by atoms with Gasteiger partial charge in [0.15, 0.2) is 11.5 Å². The number of aromatic nitrogens is 1. The van der Waals surface area contributed by atoms with E-state index in [0.29, 0.717) is 12.3 Å². The van der Waals surface area contributed by atoms with Crippen molar-refractivity contribution in [2.45, 2.75) is 13.5 Å². The SMILES string of the molecule is Cc1ccc(NCc2cc(C(=O)O)no2)cc1. The molecule has 0 aliphatic carbocycles. The van der Waals surface area contributed by atoms with E-state index in [9.17, 15) is 4.79 Å². The van der Waals surface area contributed by atoms with Crippen LogP contribution in [-0.4, -0.2) is 16.2 Å². The van der Waals surface area contributed by atoms with E-state index in [4.69, 9.17) is 9.63 Å². The lowest BCUT2D eigenvalue weighted by Crippen LogP contribution is -1.98. The number of anilines is 1. The minimum absolute atomic E-state index is 0.0780. The third kappa shape index (κ3) is 2.84. The van der Waals surface area contributed by atoms with E-state index in [0.717, 1.165) is 5.69 Å². The molecule has 0 aliphatic heterocycles. The van der Waals surface area contributed by atoms with Crippen LogP contribution in [0.15, 0.2) is 34.9 Å². The molecule has 1 aromatic carbocycles. The zero-order valence-electron chi connectivity index (χ0n) is 9.30. The zero-order chi connectivity index (χ0) is 12.3. The molecule has 0 unspecified atom stereocenters. The molecule has 0 saturated heterocycles. The quantitative estimate of drug-likeness (QED) is 0.845. The van der Waals surface area contributed by atoms with Crippen LogP contribution in [0.1, 0.15) is 21.8 Å². The molecule has 1 heterocycles. The van der Waals surface area contributed by atoms with Gasteiger partial charge in [-0.25, -0.2) is 4.79 Å². The second-order valence-electron chi connectivity index (χ2n) is 3.70. The molecule has 0 atom stereocenters. The highest BCUT2D eigenvalue weighted by Gasteiger charge is 2.09. The Hall–Kier alpha value is -2.30. The molecule has 5 heteroatoms. The molecule has 2 N–H and O–H groups in total. The van der Waals surface area contributed by atoms with E-state index >= 15 is 0 Å². The lowest BCUT2D eigenvalue weighted by molar-refractivity contribution is 0.0685. The lowest BCUT2D eigenvalue weighted by atomic mass is 10.2. The van der Waals surface area contributed by atoms with Gasteiger partial charge in [-0.05, 0) is 19.1 Å². The summed E-state index contributed by atoms with van der Waals surface area (Å²) < 4.78 is 4.88. The monoisotopic (exact) mass is 232 g/mol. The van der Waals surface area contributed by atoms with Crippen LogP contribution in [0.3, 0.4) is 0 Å². The molecule has 0 aliphatic rings. The molecule has 2 aromatic rings. The van der Waals surface area contributed by atoms with Crippen LogP contribution in [0.25, 0.3) is 0 Å². The fourth-order valence-corrected chi connectivity index (χ4v) is 1.36. The summed E-state index contributed by atoms with van der Waals surface area (Å²) in [7, 11) is 0. The summed E-state index contributed by atoms with van der Waals surface area (Å²) in [5.74, 6) is -0.599. The van der Waals surface area contributed by atoms with Crippen LogP contribution in [0, 0.1) is 6.92 Å². The van der Waals surface area contributed by atoms with Crippen molar-refractivity contribution in [2.75, 3.05) is 5.32 Å². The Balaban J connectivity index is 1.97. The number of hydrogen-bond acceptors (Lipinski definition) is 4. The highest BCUT2D eigenvalue weighted by atomic mass is 16.5. The van der Waals surface area contributed by atoms with Crippen molar-refractivity contribution in [3.8, 4) is 0 Å². The number of carboxylic acids is 1. The Morgan fingerprint density at radius 3 is 2.71 bits per heavy atom. The summed E-state index contributed by atoms with van der Waals surface area (Å²) in [5.41, 5.74) is 2.05. The van der Waals surface area contributed by atoms with Gasteiger partial charge in [-0.15, -0.1) is 0 Å². The molecule has 0 spiro atoms. The maximum absolute atomic E-state index is 10.6. The zero-order valence-corrected chi connectivity index (χ0v) is 9.30. The van der Waals surface area contributed by atoms with Crippen molar-refractivity contribution in [3.05, 3.63) is 47.3 Å². The molecule has 0 bridgehead atoms. The van der Waals surface area contributed by atoms with Crippen molar-refractivity contribution < 1.29 is 14.4 Å². The number of carboxylic acid groups (broad SMARTS) is 1. The number of nitrogens with zero attached hydrogens (tertiary/aromatic N) is 1. The smallest absolute Gasteiger partial charge is 0.358 e. The Bertz CT molecular complexity index is 517. The first-order chi connectivity index (χ1) is 8.15. The highest BCUT2D eigenvalue weighted by molar-refractivity contribution is 5.85. The Labute approximate surface area is 98.1 Å². The molecule has 0 saturated carbocycles. The minimum atomic E-state index is -1.09. The van der Waals surface area contributed by atoms with E-state index < -0.39 is 5.97 Å². The topological polar surface area (TPSA) is 75.4 Å². The second-order valence-corrected chi connectivity index (χ2v) is 3.70. The van der Waals surface area contributed by atoms with E-state index in [1.165, 1.54) is 11.6 Å². The third-order valence-electron chi connectivity index (χ3n) is 2.30. The van der Waals surface area contributed by atoms with E-state index in [1.807, 2.05) is 31.2 Å². The molecule has 2 rings (SSSR count). The molecule has 17 heavy (non-hydrogen) atoms. The van der Waals surface area contributed by atoms with Gasteiger partial charge < -0.3 is 14.9 Å². The number of rotatable bonds is 4. The van der Waals surface area contributed by atoms with Crippen LogP contribution in [0.4, 0.5) is 5.69 Å². The van der Waals surface area contributed by atoms with Gasteiger partial charge in [0.2, 0.25) is 0 Å². The van der Waals surface area contributed by atoms with Gasteiger partial charge in [-0.2, -0.15) is 0 Å². The molecular weight excluding hydrogens is 220 g/mol.